The van der Waals surface area contributed by atoms with Gasteiger partial charge in [-0.15, -0.1) is 0 Å². The first kappa shape index (κ1) is 23.8. The van der Waals surface area contributed by atoms with Crippen LogP contribution in [-0.4, -0.2) is 41.6 Å². The molecule has 0 aromatic rings. The predicted molar refractivity (Wildman–Crippen MR) is 96.7 cm³/mol. The summed E-state index contributed by atoms with van der Waals surface area (Å²) < 4.78 is 57.0. The van der Waals surface area contributed by atoms with Crippen molar-refractivity contribution >= 4 is 20.2 Å². The van der Waals surface area contributed by atoms with Crippen LogP contribution in [0.3, 0.4) is 0 Å². The molecule has 0 aromatic carbocycles. The van der Waals surface area contributed by atoms with Crippen molar-refractivity contribution in [2.45, 2.75) is 54.4 Å². The van der Waals surface area contributed by atoms with E-state index in [4.69, 9.17) is 8.37 Å². The van der Waals surface area contributed by atoms with Gasteiger partial charge >= 0.3 is 0 Å². The van der Waals surface area contributed by atoms with Crippen molar-refractivity contribution in [3.63, 3.8) is 0 Å². The van der Waals surface area contributed by atoms with Crippen LogP contribution in [0.4, 0.5) is 0 Å². The van der Waals surface area contributed by atoms with E-state index in [-0.39, 0.29) is 48.4 Å². The minimum atomic E-state index is -3.53. The molecule has 0 saturated carbocycles. The van der Waals surface area contributed by atoms with Gasteiger partial charge in [0.15, 0.2) is 0 Å². The molecule has 0 saturated heterocycles. The number of unbranched alkanes of at least 4 members (excludes halogenated alkanes) is 1. The standard InChI is InChI=1S/C16H34O6S2/c1-13(2)15(5)11-23(17,18)21-9-7-8-10-22-24(19,20)12-16(6)14(3)4/h13-16H,7-12H2,1-6H3. The van der Waals surface area contributed by atoms with E-state index >= 15 is 0 Å². The molecular formula is C16H34O6S2. The van der Waals surface area contributed by atoms with Crippen molar-refractivity contribution < 1.29 is 25.2 Å². The van der Waals surface area contributed by atoms with Gasteiger partial charge in [0, 0.05) is 0 Å². The first-order valence-corrected chi connectivity index (χ1v) is 11.8. The molecule has 8 heteroatoms. The van der Waals surface area contributed by atoms with Gasteiger partial charge in [0.2, 0.25) is 0 Å². The van der Waals surface area contributed by atoms with Crippen molar-refractivity contribution in [1.29, 1.82) is 0 Å². The fraction of sp³-hybridized carbons (Fsp3) is 1.00. The molecule has 0 aromatic heterocycles. The Kier molecular flexibility index (Phi) is 10.7. The Hall–Kier alpha value is -0.180. The van der Waals surface area contributed by atoms with E-state index in [0.717, 1.165) is 0 Å². The summed E-state index contributed by atoms with van der Waals surface area (Å²) >= 11 is 0. The smallest absolute Gasteiger partial charge is 0.267 e. The molecule has 0 rings (SSSR count). The summed E-state index contributed by atoms with van der Waals surface area (Å²) in [6.45, 7) is 11.7. The molecule has 0 radical (unpaired) electrons. The summed E-state index contributed by atoms with van der Waals surface area (Å²) in [5.41, 5.74) is 0. The molecule has 24 heavy (non-hydrogen) atoms. The van der Waals surface area contributed by atoms with Gasteiger partial charge in [0.25, 0.3) is 20.2 Å². The monoisotopic (exact) mass is 386 g/mol. The van der Waals surface area contributed by atoms with Gasteiger partial charge in [-0.05, 0) is 36.5 Å². The average molecular weight is 387 g/mol. The van der Waals surface area contributed by atoms with Gasteiger partial charge < -0.3 is 0 Å². The van der Waals surface area contributed by atoms with Gasteiger partial charge in [0.05, 0.1) is 24.7 Å². The van der Waals surface area contributed by atoms with Gasteiger partial charge in [-0.3, -0.25) is 8.37 Å². The predicted octanol–water partition coefficient (Wildman–Crippen LogP) is 3.04. The third kappa shape index (κ3) is 11.4. The largest absolute Gasteiger partial charge is 0.270 e. The molecule has 146 valence electrons. The Bertz CT molecular complexity index is 487. The molecule has 2 unspecified atom stereocenters. The summed E-state index contributed by atoms with van der Waals surface area (Å²) in [6.07, 6.45) is 0.870. The van der Waals surface area contributed by atoms with E-state index in [2.05, 4.69) is 0 Å². The lowest BCUT2D eigenvalue weighted by Crippen LogP contribution is -2.21. The first-order valence-electron chi connectivity index (χ1n) is 8.60. The van der Waals surface area contributed by atoms with E-state index in [1.54, 1.807) is 0 Å². The normalized spacial score (nSPS) is 15.8. The second-order valence-electron chi connectivity index (χ2n) is 7.24. The van der Waals surface area contributed by atoms with Crippen LogP contribution in [-0.2, 0) is 28.6 Å². The lowest BCUT2D eigenvalue weighted by Gasteiger charge is -2.15. The summed E-state index contributed by atoms with van der Waals surface area (Å²) in [5.74, 6) is 0.619. The fourth-order valence-corrected chi connectivity index (χ4v) is 4.69. The second kappa shape index (κ2) is 10.7. The number of hydrogen-bond acceptors (Lipinski definition) is 6. The van der Waals surface area contributed by atoms with E-state index in [0.29, 0.717) is 12.8 Å². The number of hydrogen-bond donors (Lipinski definition) is 0. The van der Waals surface area contributed by atoms with Crippen molar-refractivity contribution in [3.8, 4) is 0 Å². The molecule has 0 bridgehead atoms. The Morgan fingerprint density at radius 3 is 1.17 bits per heavy atom. The topological polar surface area (TPSA) is 86.7 Å². The maximum absolute atomic E-state index is 11.8. The van der Waals surface area contributed by atoms with Crippen LogP contribution in [0.15, 0.2) is 0 Å². The van der Waals surface area contributed by atoms with Crippen LogP contribution in [0.1, 0.15) is 54.4 Å². The van der Waals surface area contributed by atoms with Crippen LogP contribution in [0, 0.1) is 23.7 Å². The quantitative estimate of drug-likeness (QED) is 0.357. The molecule has 0 fully saturated rings. The summed E-state index contributed by atoms with van der Waals surface area (Å²) in [7, 11) is -7.05. The lowest BCUT2D eigenvalue weighted by molar-refractivity contribution is 0.265. The second-order valence-corrected chi connectivity index (χ2v) is 10.6. The van der Waals surface area contributed by atoms with Crippen LogP contribution < -0.4 is 0 Å². The molecule has 0 N–H and O–H groups in total. The van der Waals surface area contributed by atoms with Crippen molar-refractivity contribution in [1.82, 2.24) is 0 Å². The molecule has 0 spiro atoms. The highest BCUT2D eigenvalue weighted by Gasteiger charge is 2.20. The maximum Gasteiger partial charge on any atom is 0.267 e. The van der Waals surface area contributed by atoms with Gasteiger partial charge in [-0.1, -0.05) is 41.5 Å². The minimum absolute atomic E-state index is 0.00262. The summed E-state index contributed by atoms with van der Waals surface area (Å²) in [5, 5.41) is 0. The van der Waals surface area contributed by atoms with Crippen LogP contribution in [0.2, 0.25) is 0 Å². The molecule has 0 aliphatic carbocycles. The van der Waals surface area contributed by atoms with Gasteiger partial charge in [-0.25, -0.2) is 0 Å². The summed E-state index contributed by atoms with van der Waals surface area (Å²) in [6, 6.07) is 0. The fourth-order valence-electron chi connectivity index (χ4n) is 1.70. The van der Waals surface area contributed by atoms with E-state index < -0.39 is 20.2 Å². The highest BCUT2D eigenvalue weighted by molar-refractivity contribution is 7.86. The summed E-state index contributed by atoms with van der Waals surface area (Å²) in [4.78, 5) is 0. The van der Waals surface area contributed by atoms with Crippen LogP contribution in [0.25, 0.3) is 0 Å². The Morgan fingerprint density at radius 2 is 0.917 bits per heavy atom. The zero-order valence-corrected chi connectivity index (χ0v) is 17.5. The maximum atomic E-state index is 11.8. The molecule has 6 nitrogen and oxygen atoms in total. The molecule has 2 atom stereocenters. The molecule has 0 heterocycles. The molecule has 0 aliphatic rings. The molecular weight excluding hydrogens is 352 g/mol. The zero-order chi connectivity index (χ0) is 19.0. The van der Waals surface area contributed by atoms with Gasteiger partial charge in [-0.2, -0.15) is 16.8 Å². The van der Waals surface area contributed by atoms with E-state index in [1.807, 2.05) is 41.5 Å². The highest BCUT2D eigenvalue weighted by Crippen LogP contribution is 2.15. The van der Waals surface area contributed by atoms with Crippen LogP contribution in [0.5, 0.6) is 0 Å². The van der Waals surface area contributed by atoms with Crippen LogP contribution >= 0.6 is 0 Å². The third-order valence-corrected chi connectivity index (χ3v) is 7.19. The van der Waals surface area contributed by atoms with Crippen molar-refractivity contribution in [2.75, 3.05) is 24.7 Å². The molecule has 0 aliphatic heterocycles. The Labute approximate surface area is 148 Å². The SMILES string of the molecule is CC(C)C(C)CS(=O)(=O)OCCCCOS(=O)(=O)CC(C)C(C)C. The van der Waals surface area contributed by atoms with Gasteiger partial charge in [0.1, 0.15) is 0 Å². The highest BCUT2D eigenvalue weighted by atomic mass is 32.2. The first-order chi connectivity index (χ1) is 10.9. The Balaban J connectivity index is 3.99. The van der Waals surface area contributed by atoms with E-state index in [9.17, 15) is 16.8 Å². The van der Waals surface area contributed by atoms with E-state index in [1.165, 1.54) is 0 Å². The average Bonchev–Trinajstić information content (AvgIpc) is 2.41. The Morgan fingerprint density at radius 1 is 0.625 bits per heavy atom. The minimum Gasteiger partial charge on any atom is -0.270 e. The van der Waals surface area contributed by atoms with Crippen molar-refractivity contribution in [2.24, 2.45) is 23.7 Å². The zero-order valence-electron chi connectivity index (χ0n) is 15.8. The third-order valence-electron chi connectivity index (χ3n) is 4.27. The molecule has 0 amide bonds. The van der Waals surface area contributed by atoms with Crippen molar-refractivity contribution in [3.05, 3.63) is 0 Å². The lowest BCUT2D eigenvalue weighted by atomic mass is 10.0. The number of rotatable bonds is 13.